The zero-order valence-electron chi connectivity index (χ0n) is 33.4. The predicted octanol–water partition coefficient (Wildman–Crippen LogP) is 13.8. The van der Waals surface area contributed by atoms with E-state index in [-0.39, 0.29) is 0 Å². The van der Waals surface area contributed by atoms with E-state index >= 15 is 0 Å². The third-order valence-electron chi connectivity index (χ3n) is 11.5. The van der Waals surface area contributed by atoms with Gasteiger partial charge in [0, 0.05) is 33.2 Å². The number of benzene rings is 8. The van der Waals surface area contributed by atoms with Crippen molar-refractivity contribution in [3.63, 3.8) is 0 Å². The molecule has 0 fully saturated rings. The lowest BCUT2D eigenvalue weighted by atomic mass is 9.92. The minimum absolute atomic E-state index is 0.689. The molecule has 4 heteroatoms. The molecule has 2 heterocycles. The Bertz CT molecular complexity index is 3090. The highest BCUT2D eigenvalue weighted by atomic mass is 15.0. The van der Waals surface area contributed by atoms with Crippen LogP contribution < -0.4 is 0 Å². The summed E-state index contributed by atoms with van der Waals surface area (Å²) in [4.78, 5) is 14.7. The summed E-state index contributed by atoms with van der Waals surface area (Å²) in [5.41, 5.74) is 18.5. The van der Waals surface area contributed by atoms with Crippen molar-refractivity contribution in [2.24, 2.45) is 0 Å². The van der Waals surface area contributed by atoms with Crippen LogP contribution >= 0.6 is 0 Å². The summed E-state index contributed by atoms with van der Waals surface area (Å²) in [6, 6.07) is 66.0. The lowest BCUT2D eigenvalue weighted by Crippen LogP contribution is -2.01. The molecule has 1 aliphatic carbocycles. The van der Waals surface area contributed by atoms with Crippen molar-refractivity contribution in [1.29, 1.82) is 0 Å². The first kappa shape index (κ1) is 35.9. The Hall–Kier alpha value is -7.43. The first-order valence-electron chi connectivity index (χ1n) is 20.2. The van der Waals surface area contributed by atoms with Crippen molar-refractivity contribution in [1.82, 2.24) is 19.5 Å². The molecule has 0 unspecified atom stereocenters. The number of fused-ring (bicyclic) bond motifs is 6. The van der Waals surface area contributed by atoms with Crippen molar-refractivity contribution < 1.29 is 0 Å². The van der Waals surface area contributed by atoms with Gasteiger partial charge in [0.25, 0.3) is 0 Å². The summed E-state index contributed by atoms with van der Waals surface area (Å²) in [5.74, 6) is 2.09. The molecule has 8 aromatic carbocycles. The molecule has 1 aliphatic rings. The molecule has 0 N–H and O–H groups in total. The predicted molar refractivity (Wildman–Crippen MR) is 245 cm³/mol. The van der Waals surface area contributed by atoms with Gasteiger partial charge in [0.2, 0.25) is 0 Å². The molecule has 59 heavy (non-hydrogen) atoms. The van der Waals surface area contributed by atoms with Crippen LogP contribution in [0.5, 0.6) is 0 Å². The number of aromatic nitrogens is 4. The highest BCUT2D eigenvalue weighted by Gasteiger charge is 2.24. The van der Waals surface area contributed by atoms with Crippen LogP contribution in [0.3, 0.4) is 0 Å². The Morgan fingerprint density at radius 2 is 1.02 bits per heavy atom. The Balaban J connectivity index is 0.000000145. The second kappa shape index (κ2) is 15.1. The zero-order chi connectivity index (χ0) is 39.9. The second-order valence-corrected chi connectivity index (χ2v) is 15.4. The van der Waals surface area contributed by atoms with Gasteiger partial charge < -0.3 is 4.57 Å². The molecule has 0 radical (unpaired) electrons. The molecule has 10 aromatic rings. The number of aryl methyl sites for hydroxylation is 3. The zero-order valence-corrected chi connectivity index (χ0v) is 33.4. The third kappa shape index (κ3) is 6.59. The maximum Gasteiger partial charge on any atom is 0.164 e. The minimum Gasteiger partial charge on any atom is -0.309 e. The highest BCUT2D eigenvalue weighted by molar-refractivity contribution is 6.16. The van der Waals surface area contributed by atoms with Crippen LogP contribution in [-0.4, -0.2) is 19.5 Å². The quantitative estimate of drug-likeness (QED) is 0.176. The van der Waals surface area contributed by atoms with E-state index in [1.54, 1.807) is 0 Å². The molecule has 0 saturated carbocycles. The van der Waals surface area contributed by atoms with Crippen LogP contribution in [-0.2, 0) is 6.42 Å². The van der Waals surface area contributed by atoms with Crippen LogP contribution in [0.15, 0.2) is 188 Å². The monoisotopic (exact) mass is 758 g/mol. The third-order valence-corrected chi connectivity index (χ3v) is 11.5. The van der Waals surface area contributed by atoms with Crippen molar-refractivity contribution >= 4 is 21.8 Å². The van der Waals surface area contributed by atoms with Crippen LogP contribution in [0, 0.1) is 20.8 Å². The molecule has 11 rings (SSSR count). The van der Waals surface area contributed by atoms with Gasteiger partial charge in [-0.3, -0.25) is 0 Å². The van der Waals surface area contributed by atoms with Gasteiger partial charge in [-0.25, -0.2) is 15.0 Å². The van der Waals surface area contributed by atoms with E-state index < -0.39 is 0 Å². The summed E-state index contributed by atoms with van der Waals surface area (Å²) < 4.78 is 2.38. The van der Waals surface area contributed by atoms with Gasteiger partial charge in [-0.05, 0) is 96.0 Å². The van der Waals surface area contributed by atoms with Gasteiger partial charge in [-0.1, -0.05) is 169 Å². The fourth-order valence-corrected chi connectivity index (χ4v) is 8.68. The second-order valence-electron chi connectivity index (χ2n) is 15.4. The summed E-state index contributed by atoms with van der Waals surface area (Å²) in [6.45, 7) is 6.56. The van der Waals surface area contributed by atoms with Crippen molar-refractivity contribution in [3.05, 3.63) is 216 Å². The largest absolute Gasteiger partial charge is 0.309 e. The van der Waals surface area contributed by atoms with E-state index in [4.69, 9.17) is 15.0 Å². The number of rotatable bonds is 5. The van der Waals surface area contributed by atoms with E-state index in [9.17, 15) is 0 Å². The van der Waals surface area contributed by atoms with Crippen molar-refractivity contribution in [2.45, 2.75) is 27.2 Å². The molecule has 0 spiro atoms. The van der Waals surface area contributed by atoms with Crippen LogP contribution in [0.2, 0.25) is 0 Å². The number of hydrogen-bond acceptors (Lipinski definition) is 3. The molecule has 2 aromatic heterocycles. The fraction of sp³-hybridized carbons (Fsp3) is 0.0727. The van der Waals surface area contributed by atoms with Crippen molar-refractivity contribution in [2.75, 3.05) is 0 Å². The minimum atomic E-state index is 0.689. The summed E-state index contributed by atoms with van der Waals surface area (Å²) in [7, 11) is 0. The van der Waals surface area contributed by atoms with E-state index in [0.717, 1.165) is 23.1 Å². The van der Waals surface area contributed by atoms with Crippen molar-refractivity contribution in [3.8, 4) is 62.1 Å². The van der Waals surface area contributed by atoms with E-state index in [1.807, 2.05) is 60.7 Å². The van der Waals surface area contributed by atoms with Gasteiger partial charge in [0.05, 0.1) is 11.0 Å². The number of nitrogens with zero attached hydrogens (tertiary/aromatic N) is 4. The van der Waals surface area contributed by atoms with Gasteiger partial charge in [0.15, 0.2) is 17.5 Å². The molecular formula is C55H42N4. The molecular weight excluding hydrogens is 717 g/mol. The summed E-state index contributed by atoms with van der Waals surface area (Å²) in [5, 5.41) is 2.64. The summed E-state index contributed by atoms with van der Waals surface area (Å²) in [6.07, 6.45) is 0.945. The Kier molecular flexibility index (Phi) is 9.23. The van der Waals surface area contributed by atoms with Gasteiger partial charge in [0.1, 0.15) is 0 Å². The normalized spacial score (nSPS) is 11.6. The Morgan fingerprint density at radius 1 is 0.407 bits per heavy atom. The van der Waals surface area contributed by atoms with Gasteiger partial charge >= 0.3 is 0 Å². The van der Waals surface area contributed by atoms with Crippen LogP contribution in [0.25, 0.3) is 83.9 Å². The topological polar surface area (TPSA) is 43.6 Å². The Morgan fingerprint density at radius 3 is 1.73 bits per heavy atom. The molecule has 0 bridgehead atoms. The maximum absolute atomic E-state index is 4.95. The average Bonchev–Trinajstić information content (AvgIpc) is 3.83. The SMILES string of the molecule is Cc1ccc2c(c1)-c1c(cccc1-c1nc(-c3ccccc3)nc(-c3ccccc3)n1)C2.Cc1ccccc1-c1c(C)ccc2c1c1ccccc1n2-c1ccccc1. The summed E-state index contributed by atoms with van der Waals surface area (Å²) >= 11 is 0. The van der Waals surface area contributed by atoms with Crippen LogP contribution in [0.4, 0.5) is 0 Å². The molecule has 0 aliphatic heterocycles. The van der Waals surface area contributed by atoms with Gasteiger partial charge in [-0.2, -0.15) is 0 Å². The van der Waals surface area contributed by atoms with E-state index in [1.165, 1.54) is 77.6 Å². The first-order valence-corrected chi connectivity index (χ1v) is 20.2. The Labute approximate surface area is 345 Å². The highest BCUT2D eigenvalue weighted by Crippen LogP contribution is 2.44. The number of hydrogen-bond donors (Lipinski definition) is 0. The lowest BCUT2D eigenvalue weighted by molar-refractivity contribution is 1.07. The molecule has 0 amide bonds. The van der Waals surface area contributed by atoms with E-state index in [2.05, 4.69) is 153 Å². The number of para-hydroxylation sites is 2. The van der Waals surface area contributed by atoms with E-state index in [0.29, 0.717) is 17.5 Å². The standard InChI is InChI=1S/C29H21N3.C26H21N/c1-19-15-16-22-18-23-13-8-14-24(26(23)25(22)17-19)29-31-27(20-9-4-2-5-10-20)30-28(32-29)21-11-6-3-7-12-21;1-18-10-6-7-13-21(18)25-19(2)16-17-24-26(25)22-14-8-9-15-23(22)27(24)20-11-4-3-5-12-20/h2-17H,18H2,1H3;3-17H,1-2H3. The molecule has 282 valence electrons. The lowest BCUT2D eigenvalue weighted by Gasteiger charge is -2.13. The molecule has 0 saturated heterocycles. The molecule has 4 nitrogen and oxygen atoms in total. The average molecular weight is 759 g/mol. The van der Waals surface area contributed by atoms with Gasteiger partial charge in [-0.15, -0.1) is 0 Å². The van der Waals surface area contributed by atoms with Crippen LogP contribution in [0.1, 0.15) is 27.8 Å². The maximum atomic E-state index is 4.95. The smallest absolute Gasteiger partial charge is 0.164 e. The fourth-order valence-electron chi connectivity index (χ4n) is 8.68. The molecule has 0 atom stereocenters. The first-order chi connectivity index (χ1) is 29.0.